The number of aliphatic hydroxyl groups excluding tert-OH is 1. The van der Waals surface area contributed by atoms with Crippen LogP contribution in [0.3, 0.4) is 0 Å². The van der Waals surface area contributed by atoms with Crippen molar-refractivity contribution in [2.45, 2.75) is 25.3 Å². The van der Waals surface area contributed by atoms with Crippen molar-refractivity contribution < 1.29 is 9.90 Å². The molecule has 0 aliphatic heterocycles. The number of nitrogens with one attached hydrogen (secondary N) is 1. The lowest BCUT2D eigenvalue weighted by Crippen LogP contribution is -2.34. The second kappa shape index (κ2) is 7.60. The first-order valence-electron chi connectivity index (χ1n) is 7.27. The minimum Gasteiger partial charge on any atom is -0.394 e. The van der Waals surface area contributed by atoms with Crippen molar-refractivity contribution in [1.29, 1.82) is 0 Å². The van der Waals surface area contributed by atoms with Gasteiger partial charge in [-0.3, -0.25) is 4.79 Å². The zero-order valence-corrected chi connectivity index (χ0v) is 12.2. The Balaban J connectivity index is 2.11. The topological polar surface area (TPSA) is 49.3 Å². The van der Waals surface area contributed by atoms with Crippen LogP contribution in [0.5, 0.6) is 0 Å². The van der Waals surface area contributed by atoms with Gasteiger partial charge in [-0.15, -0.1) is 0 Å². The summed E-state index contributed by atoms with van der Waals surface area (Å²) in [6.45, 7) is 1.88. The smallest absolute Gasteiger partial charge is 0.228 e. The Hall–Kier alpha value is -2.13. The molecule has 0 aromatic heterocycles. The van der Waals surface area contributed by atoms with Gasteiger partial charge in [0.2, 0.25) is 5.91 Å². The molecule has 0 radical (unpaired) electrons. The van der Waals surface area contributed by atoms with E-state index in [2.05, 4.69) is 5.32 Å². The fraction of sp³-hybridized carbons (Fsp3) is 0.278. The molecule has 0 heterocycles. The molecule has 3 nitrogen and oxygen atoms in total. The maximum Gasteiger partial charge on any atom is 0.228 e. The molecule has 0 aliphatic rings. The molecule has 0 saturated carbocycles. The van der Waals surface area contributed by atoms with Crippen LogP contribution in [-0.2, 0) is 4.79 Å². The van der Waals surface area contributed by atoms with Crippen LogP contribution in [0.15, 0.2) is 60.7 Å². The highest BCUT2D eigenvalue weighted by Crippen LogP contribution is 2.21. The van der Waals surface area contributed by atoms with Gasteiger partial charge in [-0.2, -0.15) is 0 Å². The first-order valence-corrected chi connectivity index (χ1v) is 7.27. The lowest BCUT2D eigenvalue weighted by Gasteiger charge is -2.21. The Labute approximate surface area is 125 Å². The van der Waals surface area contributed by atoms with Gasteiger partial charge in [0.15, 0.2) is 0 Å². The fourth-order valence-electron chi connectivity index (χ4n) is 2.45. The highest BCUT2D eigenvalue weighted by atomic mass is 16.3. The van der Waals surface area contributed by atoms with E-state index in [1.807, 2.05) is 67.6 Å². The van der Waals surface area contributed by atoms with E-state index in [-0.39, 0.29) is 24.5 Å². The first-order chi connectivity index (χ1) is 10.3. The van der Waals surface area contributed by atoms with Crippen LogP contribution < -0.4 is 5.32 Å². The van der Waals surface area contributed by atoms with Gasteiger partial charge in [0.05, 0.1) is 18.6 Å². The average Bonchev–Trinajstić information content (AvgIpc) is 2.55. The summed E-state index contributed by atoms with van der Waals surface area (Å²) in [5.74, 6) is -0.240. The molecule has 2 aromatic rings. The van der Waals surface area contributed by atoms with Gasteiger partial charge in [-0.1, -0.05) is 67.6 Å². The maximum atomic E-state index is 12.5. The van der Waals surface area contributed by atoms with Crippen molar-refractivity contribution >= 4 is 5.91 Å². The van der Waals surface area contributed by atoms with Crippen LogP contribution in [0.1, 0.15) is 36.4 Å². The maximum absolute atomic E-state index is 12.5. The lowest BCUT2D eigenvalue weighted by atomic mass is 9.95. The third-order valence-electron chi connectivity index (χ3n) is 3.63. The van der Waals surface area contributed by atoms with E-state index in [1.54, 1.807) is 0 Å². The second-order valence-electron chi connectivity index (χ2n) is 5.03. The lowest BCUT2D eigenvalue weighted by molar-refractivity contribution is -0.123. The van der Waals surface area contributed by atoms with Gasteiger partial charge in [-0.25, -0.2) is 0 Å². The third kappa shape index (κ3) is 3.92. The predicted octanol–water partition coefficient (Wildman–Crippen LogP) is 3.03. The monoisotopic (exact) mass is 283 g/mol. The molecule has 2 aromatic carbocycles. The molecule has 110 valence electrons. The molecule has 2 atom stereocenters. The molecule has 3 heteroatoms. The van der Waals surface area contributed by atoms with E-state index in [4.69, 9.17) is 0 Å². The number of amides is 1. The summed E-state index contributed by atoms with van der Waals surface area (Å²) < 4.78 is 0. The molecule has 0 bridgehead atoms. The molecule has 0 fully saturated rings. The SMILES string of the molecule is CC[C@@H](C(=O)N[C@@H](CO)c1ccccc1)c1ccccc1. The highest BCUT2D eigenvalue weighted by Gasteiger charge is 2.21. The summed E-state index contributed by atoms with van der Waals surface area (Å²) in [7, 11) is 0. The van der Waals surface area contributed by atoms with E-state index in [0.717, 1.165) is 17.5 Å². The summed E-state index contributed by atoms with van der Waals surface area (Å²) in [4.78, 5) is 12.5. The Kier molecular flexibility index (Phi) is 5.52. The summed E-state index contributed by atoms with van der Waals surface area (Å²) >= 11 is 0. The van der Waals surface area contributed by atoms with E-state index in [1.165, 1.54) is 0 Å². The summed E-state index contributed by atoms with van der Waals surface area (Å²) in [6, 6.07) is 18.9. The second-order valence-corrected chi connectivity index (χ2v) is 5.03. The molecule has 2 rings (SSSR count). The van der Waals surface area contributed by atoms with Crippen molar-refractivity contribution in [2.24, 2.45) is 0 Å². The normalized spacial score (nSPS) is 13.4. The van der Waals surface area contributed by atoms with E-state index < -0.39 is 0 Å². The van der Waals surface area contributed by atoms with Crippen LogP contribution in [-0.4, -0.2) is 17.6 Å². The summed E-state index contributed by atoms with van der Waals surface area (Å²) in [5.41, 5.74) is 1.92. The Morgan fingerprint density at radius 2 is 1.52 bits per heavy atom. The Morgan fingerprint density at radius 3 is 2.00 bits per heavy atom. The number of carbonyl (C=O) groups is 1. The number of carbonyl (C=O) groups excluding carboxylic acids is 1. The molecule has 2 N–H and O–H groups in total. The predicted molar refractivity (Wildman–Crippen MR) is 83.9 cm³/mol. The summed E-state index contributed by atoms with van der Waals surface area (Å²) in [5, 5.41) is 12.5. The average molecular weight is 283 g/mol. The largest absolute Gasteiger partial charge is 0.394 e. The number of aliphatic hydroxyl groups is 1. The quantitative estimate of drug-likeness (QED) is 0.856. The molecule has 21 heavy (non-hydrogen) atoms. The molecular formula is C18H21NO2. The molecular weight excluding hydrogens is 262 g/mol. The third-order valence-corrected chi connectivity index (χ3v) is 3.63. The molecule has 0 saturated heterocycles. The van der Waals surface area contributed by atoms with Crippen molar-refractivity contribution in [3.05, 3.63) is 71.8 Å². The van der Waals surface area contributed by atoms with Crippen LogP contribution in [0, 0.1) is 0 Å². The number of rotatable bonds is 6. The highest BCUT2D eigenvalue weighted by molar-refractivity contribution is 5.84. The number of hydrogen-bond acceptors (Lipinski definition) is 2. The zero-order valence-electron chi connectivity index (χ0n) is 12.2. The van der Waals surface area contributed by atoms with Crippen molar-refractivity contribution in [3.8, 4) is 0 Å². The molecule has 0 unspecified atom stereocenters. The van der Waals surface area contributed by atoms with E-state index in [9.17, 15) is 9.90 Å². The van der Waals surface area contributed by atoms with Crippen LogP contribution in [0.4, 0.5) is 0 Å². The standard InChI is InChI=1S/C18H21NO2/c1-2-16(14-9-5-3-6-10-14)18(21)19-17(13-20)15-11-7-4-8-12-15/h3-12,16-17,20H,2,13H2,1H3,(H,19,21)/t16-,17+/m1/s1. The van der Waals surface area contributed by atoms with Crippen LogP contribution in [0.2, 0.25) is 0 Å². The minimum atomic E-state index is -0.364. The van der Waals surface area contributed by atoms with Gasteiger partial charge < -0.3 is 10.4 Å². The van der Waals surface area contributed by atoms with Gasteiger partial charge >= 0.3 is 0 Å². The number of benzene rings is 2. The molecule has 0 spiro atoms. The van der Waals surface area contributed by atoms with E-state index in [0.29, 0.717) is 0 Å². The van der Waals surface area contributed by atoms with Gasteiger partial charge in [0.1, 0.15) is 0 Å². The zero-order chi connectivity index (χ0) is 15.1. The molecule has 0 aliphatic carbocycles. The Morgan fingerprint density at radius 1 is 1.00 bits per heavy atom. The minimum absolute atomic E-state index is 0.0494. The van der Waals surface area contributed by atoms with E-state index >= 15 is 0 Å². The number of hydrogen-bond donors (Lipinski definition) is 2. The first kappa shape index (κ1) is 15.3. The fourth-order valence-corrected chi connectivity index (χ4v) is 2.45. The summed E-state index contributed by atoms with van der Waals surface area (Å²) in [6.07, 6.45) is 0.725. The van der Waals surface area contributed by atoms with Crippen molar-refractivity contribution in [3.63, 3.8) is 0 Å². The van der Waals surface area contributed by atoms with Gasteiger partial charge in [0, 0.05) is 0 Å². The molecule has 1 amide bonds. The van der Waals surface area contributed by atoms with Crippen LogP contribution >= 0.6 is 0 Å². The Bertz CT molecular complexity index is 554. The van der Waals surface area contributed by atoms with Gasteiger partial charge in [0.25, 0.3) is 0 Å². The van der Waals surface area contributed by atoms with Gasteiger partial charge in [-0.05, 0) is 17.5 Å². The van der Waals surface area contributed by atoms with Crippen molar-refractivity contribution in [2.75, 3.05) is 6.61 Å². The van der Waals surface area contributed by atoms with Crippen LogP contribution in [0.25, 0.3) is 0 Å². The van der Waals surface area contributed by atoms with Crippen molar-refractivity contribution in [1.82, 2.24) is 5.32 Å².